The molecule has 0 bridgehead atoms. The maximum absolute atomic E-state index is 12.1. The number of hydrogen-bond acceptors (Lipinski definition) is 4. The molecule has 19 heavy (non-hydrogen) atoms. The normalized spacial score (nSPS) is 17.9. The Morgan fingerprint density at radius 1 is 1.42 bits per heavy atom. The summed E-state index contributed by atoms with van der Waals surface area (Å²) < 4.78 is 4.76. The zero-order chi connectivity index (χ0) is 13.2. The third-order valence-corrected chi connectivity index (χ3v) is 4.24. The minimum absolute atomic E-state index is 0.0924. The first-order valence-corrected chi connectivity index (χ1v) is 7.41. The molecule has 1 aromatic carbocycles. The standard InChI is InChI=1S/C12H11BrN4OS/c13-9-3-1-8(2-4-9)10-5-6-17(10)12(18)15-11-7-14-16-19-11/h1-4,7,10H,5-6H2,(H,15,18). The molecule has 5 nitrogen and oxygen atoms in total. The molecule has 0 radical (unpaired) electrons. The average Bonchev–Trinajstić information content (AvgIpc) is 2.83. The predicted molar refractivity (Wildman–Crippen MR) is 77.1 cm³/mol. The Hall–Kier alpha value is -1.47. The van der Waals surface area contributed by atoms with Crippen molar-refractivity contribution in [2.75, 3.05) is 11.9 Å². The summed E-state index contributed by atoms with van der Waals surface area (Å²) in [6, 6.07) is 8.15. The van der Waals surface area contributed by atoms with Crippen molar-refractivity contribution in [2.45, 2.75) is 12.5 Å². The second-order valence-electron chi connectivity index (χ2n) is 4.26. The van der Waals surface area contributed by atoms with E-state index in [4.69, 9.17) is 0 Å². The van der Waals surface area contributed by atoms with Gasteiger partial charge in [0.2, 0.25) is 0 Å². The lowest BCUT2D eigenvalue weighted by Crippen LogP contribution is -2.47. The van der Waals surface area contributed by atoms with Crippen LogP contribution in [-0.2, 0) is 0 Å². The van der Waals surface area contributed by atoms with Crippen molar-refractivity contribution in [2.24, 2.45) is 0 Å². The third-order valence-electron chi connectivity index (χ3n) is 3.13. The summed E-state index contributed by atoms with van der Waals surface area (Å²) in [5.74, 6) is 0. The minimum Gasteiger partial charge on any atom is -0.317 e. The number of hydrogen-bond donors (Lipinski definition) is 1. The number of rotatable bonds is 2. The van der Waals surface area contributed by atoms with Gasteiger partial charge in [0.1, 0.15) is 5.00 Å². The SMILES string of the molecule is O=C(Nc1cnns1)N1CCC1c1ccc(Br)cc1. The van der Waals surface area contributed by atoms with Gasteiger partial charge in [-0.1, -0.05) is 32.6 Å². The zero-order valence-corrected chi connectivity index (χ0v) is 12.3. The van der Waals surface area contributed by atoms with Gasteiger partial charge in [0.15, 0.2) is 0 Å². The number of likely N-dealkylation sites (tertiary alicyclic amines) is 1. The van der Waals surface area contributed by atoms with Gasteiger partial charge in [-0.25, -0.2) is 4.79 Å². The van der Waals surface area contributed by atoms with E-state index >= 15 is 0 Å². The number of carbonyl (C=O) groups excluding carboxylic acids is 1. The summed E-state index contributed by atoms with van der Waals surface area (Å²) >= 11 is 4.59. The first-order chi connectivity index (χ1) is 9.24. The lowest BCUT2D eigenvalue weighted by atomic mass is 9.95. The van der Waals surface area contributed by atoms with Gasteiger partial charge < -0.3 is 4.90 Å². The largest absolute Gasteiger partial charge is 0.323 e. The van der Waals surface area contributed by atoms with E-state index < -0.39 is 0 Å². The number of carbonyl (C=O) groups is 1. The molecular formula is C12H11BrN4OS. The summed E-state index contributed by atoms with van der Waals surface area (Å²) in [5, 5.41) is 7.17. The van der Waals surface area contributed by atoms with Crippen molar-refractivity contribution in [3.8, 4) is 0 Å². The number of amides is 2. The van der Waals surface area contributed by atoms with E-state index in [0.717, 1.165) is 23.0 Å². The number of halogens is 1. The van der Waals surface area contributed by atoms with Crippen LogP contribution in [-0.4, -0.2) is 27.1 Å². The summed E-state index contributed by atoms with van der Waals surface area (Å²) in [6.45, 7) is 0.777. The second-order valence-corrected chi connectivity index (χ2v) is 5.96. The van der Waals surface area contributed by atoms with Crippen molar-refractivity contribution in [1.29, 1.82) is 0 Å². The smallest absolute Gasteiger partial charge is 0.317 e. The highest BCUT2D eigenvalue weighted by atomic mass is 79.9. The van der Waals surface area contributed by atoms with E-state index in [1.165, 1.54) is 11.5 Å². The summed E-state index contributed by atoms with van der Waals surface area (Å²) in [5.41, 5.74) is 1.16. The van der Waals surface area contributed by atoms with Crippen LogP contribution < -0.4 is 5.32 Å². The van der Waals surface area contributed by atoms with Gasteiger partial charge in [0.05, 0.1) is 12.2 Å². The fourth-order valence-electron chi connectivity index (χ4n) is 2.06. The van der Waals surface area contributed by atoms with Gasteiger partial charge in [0, 0.05) is 22.5 Å². The molecule has 1 fully saturated rings. The molecular weight excluding hydrogens is 328 g/mol. The van der Waals surface area contributed by atoms with E-state index in [1.54, 1.807) is 6.20 Å². The lowest BCUT2D eigenvalue weighted by molar-refractivity contribution is 0.126. The molecule has 1 atom stereocenters. The maximum Gasteiger partial charge on any atom is 0.323 e. The van der Waals surface area contributed by atoms with Crippen molar-refractivity contribution < 1.29 is 4.79 Å². The van der Waals surface area contributed by atoms with Crippen LogP contribution in [0.25, 0.3) is 0 Å². The number of urea groups is 1. The van der Waals surface area contributed by atoms with Gasteiger partial charge in [-0.2, -0.15) is 0 Å². The number of benzene rings is 1. The fourth-order valence-corrected chi connectivity index (χ4v) is 2.74. The predicted octanol–water partition coefficient (Wildman–Crippen LogP) is 3.28. The molecule has 0 aliphatic carbocycles. The third kappa shape index (κ3) is 2.62. The Balaban J connectivity index is 1.69. The van der Waals surface area contributed by atoms with Crippen LogP contribution in [0.5, 0.6) is 0 Å². The van der Waals surface area contributed by atoms with Crippen LogP contribution in [0, 0.1) is 0 Å². The van der Waals surface area contributed by atoms with E-state index in [0.29, 0.717) is 5.00 Å². The Kier molecular flexibility index (Phi) is 3.48. The van der Waals surface area contributed by atoms with Crippen LogP contribution in [0.4, 0.5) is 9.80 Å². The molecule has 2 amide bonds. The Bertz CT molecular complexity index is 572. The van der Waals surface area contributed by atoms with Crippen molar-refractivity contribution in [3.05, 3.63) is 40.5 Å². The highest BCUT2D eigenvalue weighted by Crippen LogP contribution is 2.34. The van der Waals surface area contributed by atoms with Crippen LogP contribution in [0.2, 0.25) is 0 Å². The first kappa shape index (κ1) is 12.6. The molecule has 98 valence electrons. The monoisotopic (exact) mass is 338 g/mol. The van der Waals surface area contributed by atoms with Gasteiger partial charge >= 0.3 is 6.03 Å². The highest BCUT2D eigenvalue weighted by Gasteiger charge is 2.33. The summed E-state index contributed by atoms with van der Waals surface area (Å²) in [4.78, 5) is 13.9. The molecule has 1 saturated heterocycles. The van der Waals surface area contributed by atoms with Crippen LogP contribution in [0.3, 0.4) is 0 Å². The van der Waals surface area contributed by atoms with Crippen LogP contribution in [0.15, 0.2) is 34.9 Å². The Labute approximate surface area is 122 Å². The molecule has 7 heteroatoms. The van der Waals surface area contributed by atoms with Crippen molar-refractivity contribution in [1.82, 2.24) is 14.5 Å². The Morgan fingerprint density at radius 2 is 2.21 bits per heavy atom. The topological polar surface area (TPSA) is 58.1 Å². The molecule has 2 aromatic rings. The molecule has 1 N–H and O–H groups in total. The molecule has 2 heterocycles. The minimum atomic E-state index is -0.0924. The maximum atomic E-state index is 12.1. The van der Waals surface area contributed by atoms with Gasteiger partial charge in [0.25, 0.3) is 0 Å². The van der Waals surface area contributed by atoms with E-state index in [9.17, 15) is 4.79 Å². The van der Waals surface area contributed by atoms with Gasteiger partial charge in [-0.05, 0) is 24.1 Å². The number of anilines is 1. The summed E-state index contributed by atoms with van der Waals surface area (Å²) in [6.07, 6.45) is 2.55. The van der Waals surface area contributed by atoms with Crippen LogP contribution >= 0.6 is 27.5 Å². The van der Waals surface area contributed by atoms with Crippen molar-refractivity contribution in [3.63, 3.8) is 0 Å². The van der Waals surface area contributed by atoms with E-state index in [-0.39, 0.29) is 12.1 Å². The Morgan fingerprint density at radius 3 is 2.79 bits per heavy atom. The molecule has 0 spiro atoms. The second kappa shape index (κ2) is 5.26. The van der Waals surface area contributed by atoms with Gasteiger partial charge in [-0.15, -0.1) is 5.10 Å². The molecule has 1 aromatic heterocycles. The van der Waals surface area contributed by atoms with Crippen molar-refractivity contribution >= 4 is 38.5 Å². The highest BCUT2D eigenvalue weighted by molar-refractivity contribution is 9.10. The van der Waals surface area contributed by atoms with E-state index in [2.05, 4.69) is 30.8 Å². The molecule has 3 rings (SSSR count). The van der Waals surface area contributed by atoms with Gasteiger partial charge in [-0.3, -0.25) is 5.32 Å². The molecule has 1 aliphatic rings. The number of nitrogens with one attached hydrogen (secondary N) is 1. The molecule has 1 aliphatic heterocycles. The first-order valence-electron chi connectivity index (χ1n) is 5.84. The van der Waals surface area contributed by atoms with E-state index in [1.807, 2.05) is 29.2 Å². The van der Waals surface area contributed by atoms with Crippen LogP contribution in [0.1, 0.15) is 18.0 Å². The zero-order valence-electron chi connectivity index (χ0n) is 9.91. The molecule has 0 saturated carbocycles. The fraction of sp³-hybridized carbons (Fsp3) is 0.250. The number of aromatic nitrogens is 2. The average molecular weight is 339 g/mol. The quantitative estimate of drug-likeness (QED) is 0.914. The lowest BCUT2D eigenvalue weighted by Gasteiger charge is -2.41. The number of nitrogens with zero attached hydrogens (tertiary/aromatic N) is 3. The summed E-state index contributed by atoms with van der Waals surface area (Å²) in [7, 11) is 0. The molecule has 1 unspecified atom stereocenters.